The molecule has 1 aliphatic heterocycles. The maximum absolute atomic E-state index is 11.9. The van der Waals surface area contributed by atoms with Crippen LogP contribution in [0.25, 0.3) is 0 Å². The van der Waals surface area contributed by atoms with Crippen LogP contribution in [0.15, 0.2) is 28.0 Å². The molecule has 1 aliphatic rings. The molecule has 7 heteroatoms. The third-order valence-corrected chi connectivity index (χ3v) is 5.01. The van der Waals surface area contributed by atoms with Crippen LogP contribution in [-0.2, 0) is 11.3 Å². The van der Waals surface area contributed by atoms with Gasteiger partial charge >= 0.3 is 0 Å². The summed E-state index contributed by atoms with van der Waals surface area (Å²) in [5.74, 6) is 1.51. The Balaban J connectivity index is 1.73. The summed E-state index contributed by atoms with van der Waals surface area (Å²) in [5.41, 5.74) is 1.09. The van der Waals surface area contributed by atoms with Crippen molar-refractivity contribution in [1.29, 1.82) is 0 Å². The van der Waals surface area contributed by atoms with Crippen LogP contribution in [0.1, 0.15) is 39.3 Å². The van der Waals surface area contributed by atoms with E-state index in [1.807, 2.05) is 23.6 Å². The fraction of sp³-hybridized carbons (Fsp3) is 0.727. The van der Waals surface area contributed by atoms with Gasteiger partial charge in [0.15, 0.2) is 5.96 Å². The molecule has 2 rings (SSSR count). The molecule has 0 bridgehead atoms. The molecule has 0 saturated carbocycles. The fourth-order valence-corrected chi connectivity index (χ4v) is 3.62. The Morgan fingerprint density at radius 1 is 1.31 bits per heavy atom. The summed E-state index contributed by atoms with van der Waals surface area (Å²) in [6.07, 6.45) is 2.09. The van der Waals surface area contributed by atoms with Crippen molar-refractivity contribution < 1.29 is 4.74 Å². The Labute approximate surface area is 175 Å². The summed E-state index contributed by atoms with van der Waals surface area (Å²) in [7, 11) is 0. The van der Waals surface area contributed by atoms with Gasteiger partial charge in [0.05, 0.1) is 19.3 Å². The Bertz CT molecular complexity index is 686. The van der Waals surface area contributed by atoms with Crippen molar-refractivity contribution in [3.05, 3.63) is 34.2 Å². The monoisotopic (exact) mass is 405 g/mol. The number of guanidine groups is 1. The van der Waals surface area contributed by atoms with Crippen molar-refractivity contribution in [2.75, 3.05) is 45.9 Å². The average molecular weight is 406 g/mol. The maximum Gasteiger partial charge on any atom is 0.250 e. The number of aliphatic imine (C=N–C) groups is 1. The molecule has 2 heterocycles. The minimum absolute atomic E-state index is 0.0758. The van der Waals surface area contributed by atoms with Crippen LogP contribution >= 0.6 is 0 Å². The van der Waals surface area contributed by atoms with Gasteiger partial charge in [0.2, 0.25) is 0 Å². The van der Waals surface area contributed by atoms with E-state index >= 15 is 0 Å². The van der Waals surface area contributed by atoms with Crippen LogP contribution in [0, 0.1) is 12.8 Å². The number of rotatable bonds is 10. The standard InChI is InChI=1S/C22H39N5O2/c1-5-23-22(25-15-20-17-26(13-14-29-20)16-18(2)3)24-11-6-7-12-27-19(4)9-8-10-21(27)28/h8-10,18,20H,5-7,11-17H2,1-4H3,(H2,23,24,25). The number of aryl methyl sites for hydroxylation is 1. The molecule has 1 atom stereocenters. The third kappa shape index (κ3) is 8.58. The van der Waals surface area contributed by atoms with E-state index in [9.17, 15) is 4.79 Å². The molecular weight excluding hydrogens is 366 g/mol. The summed E-state index contributed by atoms with van der Waals surface area (Å²) in [6, 6.07) is 5.41. The van der Waals surface area contributed by atoms with E-state index < -0.39 is 0 Å². The highest BCUT2D eigenvalue weighted by atomic mass is 16.5. The highest BCUT2D eigenvalue weighted by Crippen LogP contribution is 2.08. The lowest BCUT2D eigenvalue weighted by molar-refractivity contribution is -0.0261. The number of morpholine rings is 1. The van der Waals surface area contributed by atoms with Crippen molar-refractivity contribution in [1.82, 2.24) is 20.1 Å². The summed E-state index contributed by atoms with van der Waals surface area (Å²) >= 11 is 0. The minimum atomic E-state index is 0.0758. The quantitative estimate of drug-likeness (QED) is 0.353. The van der Waals surface area contributed by atoms with Crippen molar-refractivity contribution >= 4 is 5.96 Å². The van der Waals surface area contributed by atoms with Gasteiger partial charge in [-0.15, -0.1) is 0 Å². The van der Waals surface area contributed by atoms with Crippen molar-refractivity contribution in [3.8, 4) is 0 Å². The molecule has 1 saturated heterocycles. The van der Waals surface area contributed by atoms with E-state index in [0.29, 0.717) is 12.5 Å². The van der Waals surface area contributed by atoms with Gasteiger partial charge in [-0.3, -0.25) is 14.7 Å². The number of hydrogen-bond acceptors (Lipinski definition) is 4. The lowest BCUT2D eigenvalue weighted by atomic mass is 10.2. The third-order valence-electron chi connectivity index (χ3n) is 5.01. The van der Waals surface area contributed by atoms with E-state index in [0.717, 1.165) is 70.4 Å². The van der Waals surface area contributed by atoms with Crippen LogP contribution in [0.3, 0.4) is 0 Å². The first kappa shape index (κ1) is 23.4. The summed E-state index contributed by atoms with van der Waals surface area (Å²) in [6.45, 7) is 15.5. The van der Waals surface area contributed by atoms with Crippen LogP contribution < -0.4 is 16.2 Å². The second kappa shape index (κ2) is 12.6. The fourth-order valence-electron chi connectivity index (χ4n) is 3.62. The van der Waals surface area contributed by atoms with Gasteiger partial charge in [0, 0.05) is 51.0 Å². The molecule has 29 heavy (non-hydrogen) atoms. The molecule has 0 aliphatic carbocycles. The van der Waals surface area contributed by atoms with Gasteiger partial charge in [-0.2, -0.15) is 0 Å². The lowest BCUT2D eigenvalue weighted by Gasteiger charge is -2.33. The normalized spacial score (nSPS) is 18.2. The Kier molecular flexibility index (Phi) is 10.2. The predicted molar refractivity (Wildman–Crippen MR) is 120 cm³/mol. The van der Waals surface area contributed by atoms with Gasteiger partial charge in [-0.05, 0) is 38.7 Å². The van der Waals surface area contributed by atoms with Crippen LogP contribution in [-0.4, -0.2) is 67.4 Å². The molecule has 1 fully saturated rings. The number of ether oxygens (including phenoxy) is 1. The van der Waals surface area contributed by atoms with Gasteiger partial charge in [0.25, 0.3) is 5.56 Å². The predicted octanol–water partition coefficient (Wildman–Crippen LogP) is 1.85. The van der Waals surface area contributed by atoms with Crippen LogP contribution in [0.5, 0.6) is 0 Å². The molecule has 0 radical (unpaired) electrons. The molecular formula is C22H39N5O2. The molecule has 164 valence electrons. The van der Waals surface area contributed by atoms with E-state index in [1.165, 1.54) is 0 Å². The van der Waals surface area contributed by atoms with Gasteiger partial charge < -0.3 is 19.9 Å². The number of aromatic nitrogens is 1. The number of pyridine rings is 1. The van der Waals surface area contributed by atoms with Crippen LogP contribution in [0.2, 0.25) is 0 Å². The Morgan fingerprint density at radius 3 is 2.86 bits per heavy atom. The first-order valence-electron chi connectivity index (χ1n) is 11.0. The smallest absolute Gasteiger partial charge is 0.250 e. The van der Waals surface area contributed by atoms with Crippen molar-refractivity contribution in [2.45, 2.75) is 53.2 Å². The molecule has 1 unspecified atom stereocenters. The minimum Gasteiger partial charge on any atom is -0.374 e. The Morgan fingerprint density at radius 2 is 2.14 bits per heavy atom. The van der Waals surface area contributed by atoms with Crippen LogP contribution in [0.4, 0.5) is 0 Å². The van der Waals surface area contributed by atoms with Gasteiger partial charge in [-0.25, -0.2) is 0 Å². The molecule has 1 aromatic rings. The number of unbranched alkanes of at least 4 members (excludes halogenated alkanes) is 1. The first-order valence-corrected chi connectivity index (χ1v) is 11.0. The molecule has 2 N–H and O–H groups in total. The molecule has 0 aromatic carbocycles. The van der Waals surface area contributed by atoms with Crippen molar-refractivity contribution in [2.24, 2.45) is 10.9 Å². The average Bonchev–Trinajstić information content (AvgIpc) is 2.67. The molecule has 1 aromatic heterocycles. The zero-order valence-electron chi connectivity index (χ0n) is 18.6. The summed E-state index contributed by atoms with van der Waals surface area (Å²) in [5, 5.41) is 6.71. The zero-order chi connectivity index (χ0) is 21.1. The lowest BCUT2D eigenvalue weighted by Crippen LogP contribution is -2.46. The van der Waals surface area contributed by atoms with E-state index in [4.69, 9.17) is 9.73 Å². The first-order chi connectivity index (χ1) is 14.0. The maximum atomic E-state index is 11.9. The second-order valence-corrected chi connectivity index (χ2v) is 8.16. The summed E-state index contributed by atoms with van der Waals surface area (Å²) in [4.78, 5) is 19.1. The van der Waals surface area contributed by atoms with E-state index in [-0.39, 0.29) is 11.7 Å². The highest BCUT2D eigenvalue weighted by Gasteiger charge is 2.20. The van der Waals surface area contributed by atoms with Crippen molar-refractivity contribution in [3.63, 3.8) is 0 Å². The van der Waals surface area contributed by atoms with Gasteiger partial charge in [0.1, 0.15) is 0 Å². The largest absolute Gasteiger partial charge is 0.374 e. The highest BCUT2D eigenvalue weighted by molar-refractivity contribution is 5.79. The molecule has 0 spiro atoms. The van der Waals surface area contributed by atoms with E-state index in [2.05, 4.69) is 36.3 Å². The topological polar surface area (TPSA) is 70.9 Å². The molecule has 0 amide bonds. The number of hydrogen-bond donors (Lipinski definition) is 2. The number of nitrogens with one attached hydrogen (secondary N) is 2. The summed E-state index contributed by atoms with van der Waals surface area (Å²) < 4.78 is 7.73. The Hall–Kier alpha value is -1.86. The SMILES string of the molecule is CCNC(=NCC1CN(CC(C)C)CCO1)NCCCCn1c(C)cccc1=O. The van der Waals surface area contributed by atoms with Gasteiger partial charge in [-0.1, -0.05) is 19.9 Å². The zero-order valence-corrected chi connectivity index (χ0v) is 18.6. The van der Waals surface area contributed by atoms with E-state index in [1.54, 1.807) is 6.07 Å². The number of nitrogens with zero attached hydrogens (tertiary/aromatic N) is 3. The second-order valence-electron chi connectivity index (χ2n) is 8.16. The molecule has 7 nitrogen and oxygen atoms in total.